The molecule has 2 saturated heterocycles. The fourth-order valence-electron chi connectivity index (χ4n) is 4.93. The third-order valence-electron chi connectivity index (χ3n) is 6.54. The van der Waals surface area contributed by atoms with E-state index in [1.807, 2.05) is 25.1 Å². The molecule has 7 nitrogen and oxygen atoms in total. The molecule has 31 heavy (non-hydrogen) atoms. The molecular weight excluding hydrogens is 480 g/mol. The minimum absolute atomic E-state index is 0.0590. The van der Waals surface area contributed by atoms with Gasteiger partial charge in [-0.05, 0) is 49.7 Å². The van der Waals surface area contributed by atoms with Crippen LogP contribution in [0.5, 0.6) is 0 Å². The van der Waals surface area contributed by atoms with Crippen LogP contribution in [0, 0.1) is 0 Å². The first-order valence-electron chi connectivity index (χ1n) is 10.3. The second-order valence-electron chi connectivity index (χ2n) is 8.30. The van der Waals surface area contributed by atoms with Crippen LogP contribution in [0.15, 0.2) is 62.7 Å². The van der Waals surface area contributed by atoms with Crippen molar-refractivity contribution in [2.75, 3.05) is 13.1 Å². The van der Waals surface area contributed by atoms with Crippen molar-refractivity contribution < 1.29 is 8.42 Å². The number of aromatic nitrogens is 2. The third kappa shape index (κ3) is 3.34. The van der Waals surface area contributed by atoms with E-state index >= 15 is 0 Å². The van der Waals surface area contributed by atoms with E-state index in [0.29, 0.717) is 34.7 Å². The summed E-state index contributed by atoms with van der Waals surface area (Å²) in [5.41, 5.74) is 0.632. The Hall–Kier alpha value is -2.07. The lowest BCUT2D eigenvalue weighted by atomic mass is 10.2. The summed E-state index contributed by atoms with van der Waals surface area (Å²) in [5.74, 6) is 0.707. The predicted molar refractivity (Wildman–Crippen MR) is 122 cm³/mol. The largest absolute Gasteiger partial charge is 0.298 e. The Morgan fingerprint density at radius 3 is 2.45 bits per heavy atom. The number of para-hydroxylation sites is 1. The maximum atomic E-state index is 13.2. The molecule has 2 aliphatic rings. The van der Waals surface area contributed by atoms with Gasteiger partial charge >= 0.3 is 0 Å². The molecule has 1 aromatic heterocycles. The Kier molecular flexibility index (Phi) is 5.04. The summed E-state index contributed by atoms with van der Waals surface area (Å²) >= 11 is 3.35. The third-order valence-corrected chi connectivity index (χ3v) is 9.00. The van der Waals surface area contributed by atoms with Gasteiger partial charge in [0.25, 0.3) is 5.56 Å². The van der Waals surface area contributed by atoms with Crippen molar-refractivity contribution in [2.24, 2.45) is 7.05 Å². The number of sulfonamides is 1. The standard InChI is InChI=1S/C22H23BrN4O3S/c1-14(21-24-20-6-4-3-5-19(20)22(28)25(21)2)26-12-17-11-16(26)13-27(17)31(29,30)18-9-7-15(23)8-10-18/h3-10,14,16-17H,11-13H2,1-2H3. The van der Waals surface area contributed by atoms with Crippen LogP contribution in [-0.2, 0) is 17.1 Å². The zero-order valence-corrected chi connectivity index (χ0v) is 19.7. The van der Waals surface area contributed by atoms with Crippen LogP contribution in [-0.4, -0.2) is 52.3 Å². The number of halogens is 1. The van der Waals surface area contributed by atoms with E-state index in [-0.39, 0.29) is 23.7 Å². The Balaban J connectivity index is 1.41. The molecule has 3 unspecified atom stereocenters. The molecule has 0 N–H and O–H groups in total. The van der Waals surface area contributed by atoms with Crippen LogP contribution in [0.4, 0.5) is 0 Å². The molecule has 162 valence electrons. The first-order chi connectivity index (χ1) is 14.8. The molecule has 0 aliphatic carbocycles. The summed E-state index contributed by atoms with van der Waals surface area (Å²) in [6.07, 6.45) is 0.793. The van der Waals surface area contributed by atoms with Gasteiger partial charge in [0.15, 0.2) is 0 Å². The molecule has 2 fully saturated rings. The van der Waals surface area contributed by atoms with E-state index in [1.165, 1.54) is 0 Å². The summed E-state index contributed by atoms with van der Waals surface area (Å²) in [4.78, 5) is 20.2. The molecule has 5 rings (SSSR count). The number of hydrogen-bond acceptors (Lipinski definition) is 5. The molecule has 3 aromatic rings. The zero-order chi connectivity index (χ0) is 21.9. The summed E-state index contributed by atoms with van der Waals surface area (Å²) in [6, 6.07) is 14.1. The highest BCUT2D eigenvalue weighted by Crippen LogP contribution is 2.39. The fourth-order valence-corrected chi connectivity index (χ4v) is 6.86. The second kappa shape index (κ2) is 7.51. The van der Waals surface area contributed by atoms with Gasteiger partial charge in [-0.25, -0.2) is 13.4 Å². The van der Waals surface area contributed by atoms with Crippen LogP contribution in [0.3, 0.4) is 0 Å². The number of hydrogen-bond donors (Lipinski definition) is 0. The molecule has 2 aromatic carbocycles. The second-order valence-corrected chi connectivity index (χ2v) is 11.1. The molecule has 3 atom stereocenters. The summed E-state index contributed by atoms with van der Waals surface area (Å²) < 4.78 is 30.4. The van der Waals surface area contributed by atoms with E-state index in [9.17, 15) is 13.2 Å². The summed E-state index contributed by atoms with van der Waals surface area (Å²) in [5, 5.41) is 0.607. The van der Waals surface area contributed by atoms with Crippen LogP contribution in [0.25, 0.3) is 10.9 Å². The quantitative estimate of drug-likeness (QED) is 0.548. The lowest BCUT2D eigenvalue weighted by Gasteiger charge is -2.37. The van der Waals surface area contributed by atoms with Crippen molar-refractivity contribution in [1.82, 2.24) is 18.8 Å². The van der Waals surface area contributed by atoms with Crippen LogP contribution in [0.1, 0.15) is 25.2 Å². The Labute approximate surface area is 189 Å². The van der Waals surface area contributed by atoms with E-state index in [2.05, 4.69) is 20.8 Å². The fraction of sp³-hybridized carbons (Fsp3) is 0.364. The Morgan fingerprint density at radius 1 is 1.06 bits per heavy atom. The van der Waals surface area contributed by atoms with Crippen molar-refractivity contribution >= 4 is 36.9 Å². The smallest absolute Gasteiger partial charge is 0.261 e. The van der Waals surface area contributed by atoms with Crippen molar-refractivity contribution in [3.05, 3.63) is 69.2 Å². The van der Waals surface area contributed by atoms with Crippen molar-refractivity contribution in [1.29, 1.82) is 0 Å². The van der Waals surface area contributed by atoms with Crippen LogP contribution < -0.4 is 5.56 Å². The van der Waals surface area contributed by atoms with Crippen molar-refractivity contribution in [3.8, 4) is 0 Å². The molecule has 0 radical (unpaired) electrons. The van der Waals surface area contributed by atoms with Gasteiger partial charge in [-0.15, -0.1) is 0 Å². The zero-order valence-electron chi connectivity index (χ0n) is 17.3. The van der Waals surface area contributed by atoms with Crippen LogP contribution >= 0.6 is 15.9 Å². The van der Waals surface area contributed by atoms with Crippen LogP contribution in [0.2, 0.25) is 0 Å². The average Bonchev–Trinajstić information content (AvgIpc) is 3.38. The minimum Gasteiger partial charge on any atom is -0.298 e. The molecule has 3 heterocycles. The SMILES string of the molecule is CC(c1nc2ccccc2c(=O)n1C)N1CC2CC1CN2S(=O)(=O)c1ccc(Br)cc1. The topological polar surface area (TPSA) is 75.5 Å². The van der Waals surface area contributed by atoms with Gasteiger partial charge in [-0.3, -0.25) is 14.3 Å². The number of likely N-dealkylation sites (tertiary alicyclic amines) is 1. The summed E-state index contributed by atoms with van der Waals surface area (Å²) in [6.45, 7) is 3.13. The van der Waals surface area contributed by atoms with Gasteiger partial charge in [0.2, 0.25) is 10.0 Å². The maximum absolute atomic E-state index is 13.2. The predicted octanol–water partition coefficient (Wildman–Crippen LogP) is 2.90. The van der Waals surface area contributed by atoms with E-state index in [1.54, 1.807) is 46.3 Å². The van der Waals surface area contributed by atoms with Crippen molar-refractivity contribution in [2.45, 2.75) is 36.4 Å². The van der Waals surface area contributed by atoms with Gasteiger partial charge in [0.1, 0.15) is 5.82 Å². The molecule has 0 saturated carbocycles. The maximum Gasteiger partial charge on any atom is 0.261 e. The molecule has 2 bridgehead atoms. The monoisotopic (exact) mass is 502 g/mol. The normalized spacial score (nSPS) is 22.9. The lowest BCUT2D eigenvalue weighted by molar-refractivity contribution is 0.131. The number of nitrogens with zero attached hydrogens (tertiary/aromatic N) is 4. The molecule has 2 aliphatic heterocycles. The van der Waals surface area contributed by atoms with E-state index < -0.39 is 10.0 Å². The number of piperazine rings is 1. The minimum atomic E-state index is -3.53. The number of benzene rings is 2. The van der Waals surface area contributed by atoms with Gasteiger partial charge in [0, 0.05) is 36.7 Å². The number of rotatable bonds is 4. The lowest BCUT2D eigenvalue weighted by Crippen LogP contribution is -2.49. The first-order valence-corrected chi connectivity index (χ1v) is 12.5. The highest BCUT2D eigenvalue weighted by Gasteiger charge is 2.50. The van der Waals surface area contributed by atoms with Gasteiger partial charge in [0.05, 0.1) is 21.8 Å². The van der Waals surface area contributed by atoms with Crippen molar-refractivity contribution in [3.63, 3.8) is 0 Å². The number of fused-ring (bicyclic) bond motifs is 3. The Bertz CT molecular complexity index is 1320. The Morgan fingerprint density at radius 2 is 1.77 bits per heavy atom. The van der Waals surface area contributed by atoms with E-state index in [4.69, 9.17) is 4.98 Å². The molecule has 0 spiro atoms. The highest BCUT2D eigenvalue weighted by molar-refractivity contribution is 9.10. The average molecular weight is 503 g/mol. The molecular formula is C22H23BrN4O3S. The van der Waals surface area contributed by atoms with E-state index in [0.717, 1.165) is 10.9 Å². The van der Waals surface area contributed by atoms with Gasteiger partial charge < -0.3 is 0 Å². The van der Waals surface area contributed by atoms with Gasteiger partial charge in [-0.1, -0.05) is 28.1 Å². The van der Waals surface area contributed by atoms with Gasteiger partial charge in [-0.2, -0.15) is 4.31 Å². The molecule has 9 heteroatoms. The molecule has 0 amide bonds. The first kappa shape index (κ1) is 20.8. The summed E-state index contributed by atoms with van der Waals surface area (Å²) in [7, 11) is -1.77. The highest BCUT2D eigenvalue weighted by atomic mass is 79.9.